The van der Waals surface area contributed by atoms with Crippen LogP contribution in [-0.4, -0.2) is 23.9 Å². The Morgan fingerprint density at radius 2 is 1.64 bits per heavy atom. The third-order valence-corrected chi connectivity index (χ3v) is 12.4. The van der Waals surface area contributed by atoms with Gasteiger partial charge in [0, 0.05) is 15.8 Å². The average Bonchev–Trinajstić information content (AvgIpc) is 2.93. The lowest BCUT2D eigenvalue weighted by molar-refractivity contribution is 0.386. The highest BCUT2D eigenvalue weighted by molar-refractivity contribution is 6.87. The van der Waals surface area contributed by atoms with Gasteiger partial charge in [-0.2, -0.15) is 0 Å². The Morgan fingerprint density at radius 3 is 2.16 bits per heavy atom. The third kappa shape index (κ3) is 4.44. The first kappa shape index (κ1) is 20.4. The Balaban J connectivity index is 2.61. The molecule has 0 aliphatic heterocycles. The van der Waals surface area contributed by atoms with Gasteiger partial charge in [0.05, 0.1) is 14.1 Å². The number of allylic oxidation sites excluding steroid dienone is 3. The molecule has 1 aromatic carbocycles. The van der Waals surface area contributed by atoms with Crippen LogP contribution in [0.3, 0.4) is 0 Å². The molecule has 0 radical (unpaired) electrons. The van der Waals surface area contributed by atoms with Crippen molar-refractivity contribution in [3.63, 3.8) is 0 Å². The number of hydrogen-bond acceptors (Lipinski definition) is 1. The zero-order valence-electron chi connectivity index (χ0n) is 17.7. The molecule has 0 spiro atoms. The Bertz CT molecular complexity index is 685. The van der Waals surface area contributed by atoms with Gasteiger partial charge in [-0.1, -0.05) is 80.7 Å². The van der Waals surface area contributed by atoms with Crippen molar-refractivity contribution in [2.75, 3.05) is 0 Å². The summed E-state index contributed by atoms with van der Waals surface area (Å²) in [4.78, 5) is 0. The van der Waals surface area contributed by atoms with Gasteiger partial charge in [-0.3, -0.25) is 0 Å². The maximum absolute atomic E-state index is 3.96. The molecule has 1 aliphatic carbocycles. The summed E-state index contributed by atoms with van der Waals surface area (Å²) in [7, 11) is -0.471. The summed E-state index contributed by atoms with van der Waals surface area (Å²) in [5.74, 6) is 0. The van der Waals surface area contributed by atoms with Gasteiger partial charge in [-0.15, -0.1) is 0 Å². The molecule has 0 bridgehead atoms. The Morgan fingerprint density at radius 1 is 1.04 bits per heavy atom. The van der Waals surface area contributed by atoms with E-state index in [1.807, 2.05) is 0 Å². The zero-order chi connectivity index (χ0) is 19.0. The second kappa shape index (κ2) is 7.01. The summed E-state index contributed by atoms with van der Waals surface area (Å²) >= 11 is 0. The molecule has 0 heterocycles. The average molecular weight is 372 g/mol. The second-order valence-electron chi connectivity index (χ2n) is 10.1. The quantitative estimate of drug-likeness (QED) is 0.773. The van der Waals surface area contributed by atoms with Crippen LogP contribution < -0.4 is 10.5 Å². The molecule has 0 amide bonds. The number of rotatable bonds is 4. The number of nitrogens with one attached hydrogen (secondary N) is 1. The Labute approximate surface area is 159 Å². The van der Waals surface area contributed by atoms with E-state index >= 15 is 0 Å². The van der Waals surface area contributed by atoms with E-state index in [4.69, 9.17) is 0 Å². The standard InChI is InChI=1S/C22H37NSi2/c1-21(2,3)23-20(16-12-9-10-14-18(16)24)17-13-11-15-19(17)25(7,8)22(4,5)6/h9-12,14-15,20,23H,13H2,1-8,24H3. The van der Waals surface area contributed by atoms with Crippen LogP contribution in [0, 0.1) is 0 Å². The van der Waals surface area contributed by atoms with Gasteiger partial charge in [0.2, 0.25) is 0 Å². The zero-order valence-corrected chi connectivity index (χ0v) is 20.7. The molecular formula is C22H37NSi2. The molecule has 2 rings (SSSR count). The van der Waals surface area contributed by atoms with Crippen LogP contribution in [0.2, 0.25) is 18.1 Å². The van der Waals surface area contributed by atoms with Crippen LogP contribution in [0.15, 0.2) is 47.2 Å². The van der Waals surface area contributed by atoms with Crippen molar-refractivity contribution < 1.29 is 0 Å². The fourth-order valence-corrected chi connectivity index (χ4v) is 6.54. The minimum atomic E-state index is -1.56. The van der Waals surface area contributed by atoms with Crippen LogP contribution in [0.4, 0.5) is 0 Å². The fraction of sp³-hybridized carbons (Fsp3) is 0.545. The lowest BCUT2D eigenvalue weighted by Gasteiger charge is -2.40. The topological polar surface area (TPSA) is 12.0 Å². The molecule has 3 heteroatoms. The number of benzene rings is 1. The summed E-state index contributed by atoms with van der Waals surface area (Å²) in [6.07, 6.45) is 5.92. The fourth-order valence-electron chi connectivity index (χ4n) is 3.50. The minimum absolute atomic E-state index is 0.0859. The van der Waals surface area contributed by atoms with Crippen molar-refractivity contribution in [2.45, 2.75) is 77.7 Å². The molecule has 1 atom stereocenters. The van der Waals surface area contributed by atoms with Gasteiger partial charge in [0.25, 0.3) is 0 Å². The van der Waals surface area contributed by atoms with Crippen LogP contribution in [0.5, 0.6) is 0 Å². The first-order valence-electron chi connectivity index (χ1n) is 9.58. The van der Waals surface area contributed by atoms with Crippen LogP contribution in [0.1, 0.15) is 59.6 Å². The Hall–Kier alpha value is -0.906. The highest BCUT2D eigenvalue weighted by Crippen LogP contribution is 2.46. The maximum atomic E-state index is 3.96. The molecule has 1 nitrogen and oxygen atoms in total. The molecule has 1 aliphatic rings. The van der Waals surface area contributed by atoms with E-state index in [-0.39, 0.29) is 5.54 Å². The van der Waals surface area contributed by atoms with Crippen molar-refractivity contribution in [3.8, 4) is 0 Å². The predicted molar refractivity (Wildman–Crippen MR) is 120 cm³/mol. The number of hydrogen-bond donors (Lipinski definition) is 1. The molecule has 1 aromatic rings. The van der Waals surface area contributed by atoms with Gasteiger partial charge in [-0.25, -0.2) is 0 Å². The van der Waals surface area contributed by atoms with E-state index in [2.05, 4.69) is 96.4 Å². The van der Waals surface area contributed by atoms with E-state index in [0.29, 0.717) is 11.1 Å². The summed E-state index contributed by atoms with van der Waals surface area (Å²) < 4.78 is 0. The SMILES string of the molecule is CC(C)(C)NC(C1=C([Si](C)(C)C(C)(C)C)C=CC1)c1ccccc1[SiH3]. The second-order valence-corrected chi connectivity index (χ2v) is 16.5. The van der Waals surface area contributed by atoms with Crippen LogP contribution in [0.25, 0.3) is 0 Å². The van der Waals surface area contributed by atoms with Crippen LogP contribution >= 0.6 is 0 Å². The normalized spacial score (nSPS) is 17.4. The van der Waals surface area contributed by atoms with Gasteiger partial charge in [0.15, 0.2) is 0 Å². The molecule has 0 saturated carbocycles. The minimum Gasteiger partial charge on any atom is -0.302 e. The smallest absolute Gasteiger partial charge is 0.0859 e. The van der Waals surface area contributed by atoms with Crippen molar-refractivity contribution in [1.29, 1.82) is 0 Å². The predicted octanol–water partition coefficient (Wildman–Crippen LogP) is 4.41. The van der Waals surface area contributed by atoms with E-state index in [9.17, 15) is 0 Å². The Kier molecular flexibility index (Phi) is 5.72. The van der Waals surface area contributed by atoms with Gasteiger partial charge in [-0.05, 0) is 43.4 Å². The van der Waals surface area contributed by atoms with Gasteiger partial charge < -0.3 is 5.32 Å². The van der Waals surface area contributed by atoms with E-state index < -0.39 is 8.07 Å². The van der Waals surface area contributed by atoms with E-state index in [1.54, 1.807) is 10.8 Å². The van der Waals surface area contributed by atoms with Gasteiger partial charge >= 0.3 is 0 Å². The lowest BCUT2D eigenvalue weighted by Crippen LogP contribution is -2.44. The maximum Gasteiger partial charge on any atom is 0.0859 e. The molecule has 0 fully saturated rings. The van der Waals surface area contributed by atoms with Crippen molar-refractivity contribution in [3.05, 3.63) is 52.8 Å². The largest absolute Gasteiger partial charge is 0.302 e. The molecule has 0 aromatic heterocycles. The molecule has 1 unspecified atom stereocenters. The first-order chi connectivity index (χ1) is 11.3. The van der Waals surface area contributed by atoms with Crippen molar-refractivity contribution >= 4 is 23.5 Å². The molecular weight excluding hydrogens is 334 g/mol. The summed E-state index contributed by atoms with van der Waals surface area (Å²) in [5, 5.41) is 7.48. The molecule has 1 N–H and O–H groups in total. The molecule has 25 heavy (non-hydrogen) atoms. The van der Waals surface area contributed by atoms with Crippen molar-refractivity contribution in [1.82, 2.24) is 5.32 Å². The van der Waals surface area contributed by atoms with Crippen LogP contribution in [-0.2, 0) is 0 Å². The highest BCUT2D eigenvalue weighted by Gasteiger charge is 2.41. The lowest BCUT2D eigenvalue weighted by atomic mass is 9.94. The van der Waals surface area contributed by atoms with E-state index in [1.165, 1.54) is 10.8 Å². The summed E-state index contributed by atoms with van der Waals surface area (Å²) in [6.45, 7) is 19.2. The summed E-state index contributed by atoms with van der Waals surface area (Å²) in [5.41, 5.74) is 3.19. The molecule has 138 valence electrons. The molecule has 0 saturated heterocycles. The first-order valence-corrected chi connectivity index (χ1v) is 13.6. The third-order valence-electron chi connectivity index (χ3n) is 5.94. The van der Waals surface area contributed by atoms with Gasteiger partial charge in [0.1, 0.15) is 0 Å². The summed E-state index contributed by atoms with van der Waals surface area (Å²) in [6, 6.07) is 9.33. The monoisotopic (exact) mass is 371 g/mol. The van der Waals surface area contributed by atoms with E-state index in [0.717, 1.165) is 16.7 Å². The van der Waals surface area contributed by atoms with Crippen molar-refractivity contribution in [2.24, 2.45) is 0 Å². The highest BCUT2D eigenvalue weighted by atomic mass is 28.3.